The van der Waals surface area contributed by atoms with E-state index >= 15 is 0 Å². The fourth-order valence-corrected chi connectivity index (χ4v) is 3.13. The zero-order valence-corrected chi connectivity index (χ0v) is 13.4. The minimum atomic E-state index is -0.435. The SMILES string of the molecule is Cc1cn2c(n1)CCC(NC(=O)C(C)OCC1CCCO1)C2. The number of amides is 1. The number of aromatic nitrogens is 2. The second-order valence-electron chi connectivity index (χ2n) is 6.31. The monoisotopic (exact) mass is 307 g/mol. The third-order valence-electron chi connectivity index (χ3n) is 4.38. The number of hydrogen-bond donors (Lipinski definition) is 1. The predicted octanol–water partition coefficient (Wildman–Crippen LogP) is 1.21. The molecule has 1 saturated heterocycles. The molecule has 0 bridgehead atoms. The summed E-state index contributed by atoms with van der Waals surface area (Å²) in [5.41, 5.74) is 1.04. The van der Waals surface area contributed by atoms with Crippen LogP contribution in [0.2, 0.25) is 0 Å². The van der Waals surface area contributed by atoms with Crippen LogP contribution in [0.1, 0.15) is 37.7 Å². The molecule has 1 amide bonds. The van der Waals surface area contributed by atoms with Crippen LogP contribution in [0, 0.1) is 6.92 Å². The molecule has 1 aromatic heterocycles. The van der Waals surface area contributed by atoms with E-state index in [4.69, 9.17) is 9.47 Å². The second kappa shape index (κ2) is 6.79. The lowest BCUT2D eigenvalue weighted by atomic mass is 10.1. The highest BCUT2D eigenvalue weighted by atomic mass is 16.5. The van der Waals surface area contributed by atoms with Crippen molar-refractivity contribution in [2.75, 3.05) is 13.2 Å². The van der Waals surface area contributed by atoms with Gasteiger partial charge in [0.05, 0.1) is 18.4 Å². The molecule has 0 saturated carbocycles. The molecule has 3 atom stereocenters. The van der Waals surface area contributed by atoms with Gasteiger partial charge in [0.1, 0.15) is 11.9 Å². The summed E-state index contributed by atoms with van der Waals surface area (Å²) in [6.07, 6.45) is 5.72. The van der Waals surface area contributed by atoms with Crippen molar-refractivity contribution >= 4 is 5.91 Å². The molecule has 122 valence electrons. The van der Waals surface area contributed by atoms with Crippen LogP contribution < -0.4 is 5.32 Å². The number of fused-ring (bicyclic) bond motifs is 1. The van der Waals surface area contributed by atoms with E-state index in [0.717, 1.165) is 50.4 Å². The summed E-state index contributed by atoms with van der Waals surface area (Å²) in [6, 6.07) is 0.155. The molecule has 2 aliphatic rings. The Morgan fingerprint density at radius 3 is 3.23 bits per heavy atom. The maximum absolute atomic E-state index is 12.2. The lowest BCUT2D eigenvalue weighted by Gasteiger charge is -2.26. The number of ether oxygens (including phenoxy) is 2. The summed E-state index contributed by atoms with van der Waals surface area (Å²) in [5.74, 6) is 1.08. The molecule has 0 aliphatic carbocycles. The summed E-state index contributed by atoms with van der Waals surface area (Å²) in [5, 5.41) is 3.09. The summed E-state index contributed by atoms with van der Waals surface area (Å²) in [6.45, 7) is 5.91. The molecule has 6 nitrogen and oxygen atoms in total. The molecule has 3 unspecified atom stereocenters. The Kier molecular flexibility index (Phi) is 4.78. The van der Waals surface area contributed by atoms with Crippen molar-refractivity contribution in [2.24, 2.45) is 0 Å². The van der Waals surface area contributed by atoms with Crippen molar-refractivity contribution in [1.82, 2.24) is 14.9 Å². The van der Waals surface area contributed by atoms with E-state index in [9.17, 15) is 4.79 Å². The Labute approximate surface area is 131 Å². The van der Waals surface area contributed by atoms with Crippen molar-refractivity contribution in [2.45, 2.75) is 64.3 Å². The Bertz CT molecular complexity index is 523. The smallest absolute Gasteiger partial charge is 0.249 e. The number of nitrogens with one attached hydrogen (secondary N) is 1. The number of rotatable bonds is 5. The number of carbonyl (C=O) groups excluding carboxylic acids is 1. The lowest BCUT2D eigenvalue weighted by molar-refractivity contribution is -0.134. The first-order valence-electron chi connectivity index (χ1n) is 8.18. The molecule has 0 aromatic carbocycles. The second-order valence-corrected chi connectivity index (χ2v) is 6.31. The van der Waals surface area contributed by atoms with Crippen LogP contribution in [-0.4, -0.2) is 46.9 Å². The van der Waals surface area contributed by atoms with Gasteiger partial charge < -0.3 is 19.4 Å². The van der Waals surface area contributed by atoms with Crippen LogP contribution in [-0.2, 0) is 27.2 Å². The molecule has 1 aromatic rings. The number of carbonyl (C=O) groups is 1. The van der Waals surface area contributed by atoms with Crippen molar-refractivity contribution in [3.05, 3.63) is 17.7 Å². The highest BCUT2D eigenvalue weighted by molar-refractivity contribution is 5.80. The first-order valence-corrected chi connectivity index (χ1v) is 8.18. The van der Waals surface area contributed by atoms with Crippen molar-refractivity contribution in [3.8, 4) is 0 Å². The van der Waals surface area contributed by atoms with Crippen molar-refractivity contribution in [3.63, 3.8) is 0 Å². The van der Waals surface area contributed by atoms with Gasteiger partial charge in [-0.25, -0.2) is 4.98 Å². The van der Waals surface area contributed by atoms with Crippen molar-refractivity contribution < 1.29 is 14.3 Å². The third-order valence-corrected chi connectivity index (χ3v) is 4.38. The maximum Gasteiger partial charge on any atom is 0.249 e. The van der Waals surface area contributed by atoms with Gasteiger partial charge in [0.25, 0.3) is 0 Å². The quantitative estimate of drug-likeness (QED) is 0.888. The summed E-state index contributed by atoms with van der Waals surface area (Å²) < 4.78 is 13.3. The van der Waals surface area contributed by atoms with Gasteiger partial charge >= 0.3 is 0 Å². The molecule has 1 fully saturated rings. The third kappa shape index (κ3) is 3.67. The average molecular weight is 307 g/mol. The molecule has 6 heteroatoms. The van der Waals surface area contributed by atoms with Gasteiger partial charge in [-0.3, -0.25) is 4.79 Å². The first-order chi connectivity index (χ1) is 10.6. The molecule has 0 spiro atoms. The Morgan fingerprint density at radius 1 is 1.59 bits per heavy atom. The molecule has 22 heavy (non-hydrogen) atoms. The summed E-state index contributed by atoms with van der Waals surface area (Å²) >= 11 is 0. The topological polar surface area (TPSA) is 65.4 Å². The van der Waals surface area contributed by atoms with E-state index in [-0.39, 0.29) is 18.1 Å². The Hall–Kier alpha value is -1.40. The normalized spacial score (nSPS) is 25.7. The highest BCUT2D eigenvalue weighted by Gasteiger charge is 2.24. The van der Waals surface area contributed by atoms with E-state index in [1.807, 2.05) is 13.1 Å². The van der Waals surface area contributed by atoms with Crippen LogP contribution in [0.25, 0.3) is 0 Å². The van der Waals surface area contributed by atoms with E-state index < -0.39 is 6.10 Å². The minimum Gasteiger partial charge on any atom is -0.376 e. The van der Waals surface area contributed by atoms with Crippen molar-refractivity contribution in [1.29, 1.82) is 0 Å². The van der Waals surface area contributed by atoms with Gasteiger partial charge in [-0.1, -0.05) is 0 Å². The predicted molar refractivity (Wildman–Crippen MR) is 81.6 cm³/mol. The van der Waals surface area contributed by atoms with Gasteiger partial charge in [-0.2, -0.15) is 0 Å². The van der Waals surface area contributed by atoms with Gasteiger partial charge in [-0.05, 0) is 33.1 Å². The van der Waals surface area contributed by atoms with Crippen LogP contribution >= 0.6 is 0 Å². The Balaban J connectivity index is 1.45. The lowest BCUT2D eigenvalue weighted by Crippen LogP contribution is -2.45. The first kappa shape index (κ1) is 15.5. The average Bonchev–Trinajstić information content (AvgIpc) is 3.12. The minimum absolute atomic E-state index is 0.0386. The van der Waals surface area contributed by atoms with Gasteiger partial charge in [-0.15, -0.1) is 0 Å². The number of aryl methyl sites for hydroxylation is 2. The fourth-order valence-electron chi connectivity index (χ4n) is 3.13. The van der Waals surface area contributed by atoms with Gasteiger partial charge in [0, 0.05) is 31.8 Å². The number of imidazole rings is 1. The molecule has 3 heterocycles. The fraction of sp³-hybridized carbons (Fsp3) is 0.750. The van der Waals surface area contributed by atoms with E-state index in [1.165, 1.54) is 0 Å². The van der Waals surface area contributed by atoms with E-state index in [2.05, 4.69) is 14.9 Å². The zero-order valence-electron chi connectivity index (χ0n) is 13.4. The van der Waals surface area contributed by atoms with E-state index in [1.54, 1.807) is 6.92 Å². The number of nitrogens with zero attached hydrogens (tertiary/aromatic N) is 2. The summed E-state index contributed by atoms with van der Waals surface area (Å²) in [7, 11) is 0. The van der Waals surface area contributed by atoms with Gasteiger partial charge in [0.2, 0.25) is 5.91 Å². The molecule has 0 radical (unpaired) electrons. The standard InChI is InChI=1S/C16H25N3O3/c1-11-8-19-9-13(5-6-15(19)17-11)18-16(20)12(2)22-10-14-4-3-7-21-14/h8,12-14H,3-7,9-10H2,1-2H3,(H,18,20). The zero-order chi connectivity index (χ0) is 15.5. The Morgan fingerprint density at radius 2 is 2.45 bits per heavy atom. The highest BCUT2D eigenvalue weighted by Crippen LogP contribution is 2.16. The molecule has 1 N–H and O–H groups in total. The van der Waals surface area contributed by atoms with Gasteiger partial charge in [0.15, 0.2) is 0 Å². The molecular weight excluding hydrogens is 282 g/mol. The number of hydrogen-bond acceptors (Lipinski definition) is 4. The largest absolute Gasteiger partial charge is 0.376 e. The van der Waals surface area contributed by atoms with Crippen LogP contribution in [0.3, 0.4) is 0 Å². The van der Waals surface area contributed by atoms with Crippen LogP contribution in [0.5, 0.6) is 0 Å². The summed E-state index contributed by atoms with van der Waals surface area (Å²) in [4.78, 5) is 16.7. The van der Waals surface area contributed by atoms with Crippen LogP contribution in [0.15, 0.2) is 6.20 Å². The molecule has 2 aliphatic heterocycles. The molecule has 3 rings (SSSR count). The van der Waals surface area contributed by atoms with E-state index in [0.29, 0.717) is 6.61 Å². The maximum atomic E-state index is 12.2. The molecular formula is C16H25N3O3. The van der Waals surface area contributed by atoms with Crippen LogP contribution in [0.4, 0.5) is 0 Å².